The maximum atomic E-state index is 11.0. The van der Waals surface area contributed by atoms with Gasteiger partial charge >= 0.3 is 0 Å². The predicted octanol–water partition coefficient (Wildman–Crippen LogP) is 2.45. The van der Waals surface area contributed by atoms with Gasteiger partial charge in [0.25, 0.3) is 5.69 Å². The highest BCUT2D eigenvalue weighted by Crippen LogP contribution is 2.28. The fraction of sp³-hybridized carbons (Fsp3) is 0.462. The molecule has 0 saturated carbocycles. The summed E-state index contributed by atoms with van der Waals surface area (Å²) in [4.78, 5) is 10.6. The van der Waals surface area contributed by atoms with Gasteiger partial charge in [-0.1, -0.05) is 0 Å². The van der Waals surface area contributed by atoms with Crippen LogP contribution in [0.4, 0.5) is 11.4 Å². The number of ether oxygens (including phenoxy) is 1. The lowest BCUT2D eigenvalue weighted by molar-refractivity contribution is -0.384. The van der Waals surface area contributed by atoms with Crippen LogP contribution in [0.1, 0.15) is 25.3 Å². The summed E-state index contributed by atoms with van der Waals surface area (Å²) >= 11 is 0. The normalized spacial score (nSPS) is 22.5. The largest absolute Gasteiger partial charge is 0.378 e. The number of hydrogen-bond donors (Lipinski definition) is 1. The highest BCUT2D eigenvalue weighted by molar-refractivity contribution is 5.64. The van der Waals surface area contributed by atoms with Crippen molar-refractivity contribution in [3.05, 3.63) is 33.9 Å². The summed E-state index contributed by atoms with van der Waals surface area (Å²) in [6.07, 6.45) is 1.79. The molecule has 1 fully saturated rings. The standard InChI is InChI=1S/C13H15N3O3/c1-9-6-11(4-5-19-9)15-12-3-2-10(8-14)7-13(12)16(17)18/h2-3,7,9,11,15H,4-6H2,1H3. The van der Waals surface area contributed by atoms with E-state index in [1.807, 2.05) is 13.0 Å². The van der Waals surface area contributed by atoms with Crippen LogP contribution >= 0.6 is 0 Å². The molecular formula is C13H15N3O3. The van der Waals surface area contributed by atoms with E-state index in [0.29, 0.717) is 12.3 Å². The zero-order chi connectivity index (χ0) is 13.8. The number of nitro benzene ring substituents is 1. The van der Waals surface area contributed by atoms with Gasteiger partial charge in [0.1, 0.15) is 5.69 Å². The summed E-state index contributed by atoms with van der Waals surface area (Å²) in [6, 6.07) is 6.54. The molecule has 0 radical (unpaired) electrons. The van der Waals surface area contributed by atoms with Gasteiger partial charge in [-0.15, -0.1) is 0 Å². The molecule has 0 aliphatic carbocycles. The topological polar surface area (TPSA) is 88.2 Å². The highest BCUT2D eigenvalue weighted by atomic mass is 16.6. The Hall–Kier alpha value is -2.13. The van der Waals surface area contributed by atoms with Gasteiger partial charge in [-0.3, -0.25) is 10.1 Å². The van der Waals surface area contributed by atoms with Gasteiger partial charge in [0, 0.05) is 18.7 Å². The van der Waals surface area contributed by atoms with Crippen LogP contribution in [0, 0.1) is 21.4 Å². The minimum absolute atomic E-state index is 0.0572. The number of benzene rings is 1. The van der Waals surface area contributed by atoms with Crippen molar-refractivity contribution >= 4 is 11.4 Å². The van der Waals surface area contributed by atoms with Crippen molar-refractivity contribution in [1.29, 1.82) is 5.26 Å². The zero-order valence-corrected chi connectivity index (χ0v) is 10.6. The van der Waals surface area contributed by atoms with Gasteiger partial charge in [-0.2, -0.15) is 5.26 Å². The summed E-state index contributed by atoms with van der Waals surface area (Å²) < 4.78 is 5.44. The van der Waals surface area contributed by atoms with E-state index in [4.69, 9.17) is 10.00 Å². The number of nitro groups is 1. The summed E-state index contributed by atoms with van der Waals surface area (Å²) in [5.74, 6) is 0. The maximum absolute atomic E-state index is 11.0. The van der Waals surface area contributed by atoms with E-state index < -0.39 is 4.92 Å². The number of nitriles is 1. The summed E-state index contributed by atoms with van der Waals surface area (Å²) in [5, 5.41) is 23.0. The minimum atomic E-state index is -0.466. The second-order valence-electron chi connectivity index (χ2n) is 4.65. The van der Waals surface area contributed by atoms with Crippen LogP contribution < -0.4 is 5.32 Å². The molecule has 1 saturated heterocycles. The molecule has 2 rings (SSSR count). The van der Waals surface area contributed by atoms with Crippen LogP contribution in [-0.2, 0) is 4.74 Å². The Morgan fingerprint density at radius 1 is 1.58 bits per heavy atom. The lowest BCUT2D eigenvalue weighted by atomic mass is 10.0. The second-order valence-corrected chi connectivity index (χ2v) is 4.65. The molecule has 0 amide bonds. The molecule has 1 heterocycles. The SMILES string of the molecule is CC1CC(Nc2ccc(C#N)cc2[N+](=O)[O-])CCO1. The van der Waals surface area contributed by atoms with Gasteiger partial charge in [-0.25, -0.2) is 0 Å². The molecule has 19 heavy (non-hydrogen) atoms. The average molecular weight is 261 g/mol. The smallest absolute Gasteiger partial charge is 0.293 e. The Kier molecular flexibility index (Phi) is 3.97. The van der Waals surface area contributed by atoms with Crippen molar-refractivity contribution in [3.63, 3.8) is 0 Å². The lowest BCUT2D eigenvalue weighted by Gasteiger charge is -2.28. The Balaban J connectivity index is 2.20. The Bertz CT molecular complexity index is 524. The van der Waals surface area contributed by atoms with E-state index in [1.165, 1.54) is 6.07 Å². The average Bonchev–Trinajstić information content (AvgIpc) is 2.39. The first-order valence-corrected chi connectivity index (χ1v) is 6.17. The summed E-state index contributed by atoms with van der Waals surface area (Å²) in [6.45, 7) is 2.64. The molecule has 1 aliphatic rings. The number of nitrogens with zero attached hydrogens (tertiary/aromatic N) is 2. The third kappa shape index (κ3) is 3.20. The Morgan fingerprint density at radius 2 is 2.37 bits per heavy atom. The van der Waals surface area contributed by atoms with Crippen LogP contribution in [0.15, 0.2) is 18.2 Å². The lowest BCUT2D eigenvalue weighted by Crippen LogP contribution is -2.32. The zero-order valence-electron chi connectivity index (χ0n) is 10.6. The van der Waals surface area contributed by atoms with Crippen molar-refractivity contribution in [1.82, 2.24) is 0 Å². The van der Waals surface area contributed by atoms with E-state index >= 15 is 0 Å². The summed E-state index contributed by atoms with van der Waals surface area (Å²) in [7, 11) is 0. The van der Waals surface area contributed by atoms with Gasteiger partial charge in [0.2, 0.25) is 0 Å². The molecule has 6 nitrogen and oxygen atoms in total. The van der Waals surface area contributed by atoms with Gasteiger partial charge in [-0.05, 0) is 31.9 Å². The van der Waals surface area contributed by atoms with Crippen molar-refractivity contribution in [2.24, 2.45) is 0 Å². The van der Waals surface area contributed by atoms with Crippen LogP contribution in [0.25, 0.3) is 0 Å². The molecule has 6 heteroatoms. The quantitative estimate of drug-likeness (QED) is 0.666. The maximum Gasteiger partial charge on any atom is 0.293 e. The monoisotopic (exact) mass is 261 g/mol. The van der Waals surface area contributed by atoms with Crippen molar-refractivity contribution in [2.45, 2.75) is 31.9 Å². The molecule has 0 aromatic heterocycles. The van der Waals surface area contributed by atoms with Crippen LogP contribution in [0.2, 0.25) is 0 Å². The van der Waals surface area contributed by atoms with Gasteiger partial charge < -0.3 is 10.1 Å². The van der Waals surface area contributed by atoms with Crippen molar-refractivity contribution < 1.29 is 9.66 Å². The Labute approximate surface area is 111 Å². The van der Waals surface area contributed by atoms with Crippen LogP contribution in [0.5, 0.6) is 0 Å². The third-order valence-corrected chi connectivity index (χ3v) is 3.17. The van der Waals surface area contributed by atoms with E-state index in [-0.39, 0.29) is 23.4 Å². The van der Waals surface area contributed by atoms with Crippen LogP contribution in [-0.4, -0.2) is 23.7 Å². The van der Waals surface area contributed by atoms with E-state index in [1.54, 1.807) is 12.1 Å². The Morgan fingerprint density at radius 3 is 3.00 bits per heavy atom. The molecule has 0 bridgehead atoms. The molecule has 1 aromatic rings. The number of hydrogen-bond acceptors (Lipinski definition) is 5. The van der Waals surface area contributed by atoms with Gasteiger partial charge in [0.05, 0.1) is 22.7 Å². The molecule has 1 aliphatic heterocycles. The molecule has 2 atom stereocenters. The highest BCUT2D eigenvalue weighted by Gasteiger charge is 2.22. The van der Waals surface area contributed by atoms with Gasteiger partial charge in [0.15, 0.2) is 0 Å². The summed E-state index contributed by atoms with van der Waals surface area (Å²) in [5.41, 5.74) is 0.693. The molecular weight excluding hydrogens is 246 g/mol. The van der Waals surface area contributed by atoms with Crippen molar-refractivity contribution in [2.75, 3.05) is 11.9 Å². The number of nitrogens with one attached hydrogen (secondary N) is 1. The number of rotatable bonds is 3. The van der Waals surface area contributed by atoms with Crippen molar-refractivity contribution in [3.8, 4) is 6.07 Å². The number of anilines is 1. The third-order valence-electron chi connectivity index (χ3n) is 3.17. The first kappa shape index (κ1) is 13.3. The fourth-order valence-corrected chi connectivity index (χ4v) is 2.22. The molecule has 1 N–H and O–H groups in total. The molecule has 1 aromatic carbocycles. The molecule has 100 valence electrons. The van der Waals surface area contributed by atoms with E-state index in [0.717, 1.165) is 12.8 Å². The first-order valence-electron chi connectivity index (χ1n) is 6.17. The van der Waals surface area contributed by atoms with Crippen LogP contribution in [0.3, 0.4) is 0 Å². The van der Waals surface area contributed by atoms with E-state index in [9.17, 15) is 10.1 Å². The fourth-order valence-electron chi connectivity index (χ4n) is 2.22. The second kappa shape index (κ2) is 5.67. The first-order chi connectivity index (χ1) is 9.10. The predicted molar refractivity (Wildman–Crippen MR) is 69.9 cm³/mol. The molecule has 2 unspecified atom stereocenters. The van der Waals surface area contributed by atoms with E-state index in [2.05, 4.69) is 5.32 Å². The molecule has 0 spiro atoms. The minimum Gasteiger partial charge on any atom is -0.378 e.